The number of ether oxygens (including phenoxy) is 2. The fourth-order valence-electron chi connectivity index (χ4n) is 2.09. The van der Waals surface area contributed by atoms with Crippen molar-refractivity contribution in [3.05, 3.63) is 42.0 Å². The van der Waals surface area contributed by atoms with Gasteiger partial charge in [-0.05, 0) is 29.1 Å². The highest BCUT2D eigenvalue weighted by Crippen LogP contribution is 2.27. The van der Waals surface area contributed by atoms with Gasteiger partial charge in [0.05, 0.1) is 6.61 Å². The van der Waals surface area contributed by atoms with Gasteiger partial charge >= 0.3 is 0 Å². The highest BCUT2D eigenvalue weighted by molar-refractivity contribution is 6.76. The maximum Gasteiger partial charge on any atom is 0.189 e. The van der Waals surface area contributed by atoms with Gasteiger partial charge in [0, 0.05) is 20.1 Å². The van der Waals surface area contributed by atoms with Crippen molar-refractivity contribution in [2.45, 2.75) is 32.3 Å². The molecule has 0 amide bonds. The van der Waals surface area contributed by atoms with E-state index in [0.29, 0.717) is 0 Å². The highest BCUT2D eigenvalue weighted by atomic mass is 28.3. The molecule has 0 saturated carbocycles. The molecule has 0 aliphatic rings. The summed E-state index contributed by atoms with van der Waals surface area (Å²) in [5, 5.41) is 11.5. The van der Waals surface area contributed by atoms with E-state index in [-0.39, 0.29) is 13.4 Å². The lowest BCUT2D eigenvalue weighted by atomic mass is 10.1. The number of aliphatic hydroxyl groups is 1. The Kier molecular flexibility index (Phi) is 5.39. The Hall–Kier alpha value is -1.36. The minimum Gasteiger partial charge on any atom is -0.467 e. The maximum atomic E-state index is 9.34. The first-order chi connectivity index (χ1) is 9.99. The molecule has 0 heterocycles. The molecule has 0 aromatic heterocycles. The summed E-state index contributed by atoms with van der Waals surface area (Å²) in [6.07, 6.45) is 0. The molecule has 0 bridgehead atoms. The summed E-state index contributed by atoms with van der Waals surface area (Å²) in [5.74, 6) is 0.769. The van der Waals surface area contributed by atoms with Gasteiger partial charge in [0.15, 0.2) is 6.79 Å². The normalized spacial score (nSPS) is 11.8. The quantitative estimate of drug-likeness (QED) is 0.477. The standard InChI is InChI=1S/C17H24O3Si/c1-21(2,3)9-8-19-13-20-17-11-14(12-18)10-15-6-4-5-7-16(15)17/h4-7,10-11,18H,8-9,12-13H2,1-3H3. The van der Waals surface area contributed by atoms with Crippen LogP contribution in [0.3, 0.4) is 0 Å². The van der Waals surface area contributed by atoms with Crippen LogP contribution in [0.5, 0.6) is 5.75 Å². The predicted molar refractivity (Wildman–Crippen MR) is 89.5 cm³/mol. The Morgan fingerprint density at radius 2 is 1.86 bits per heavy atom. The number of fused-ring (bicyclic) bond motifs is 1. The molecule has 4 heteroatoms. The van der Waals surface area contributed by atoms with E-state index in [0.717, 1.165) is 34.7 Å². The van der Waals surface area contributed by atoms with Gasteiger partial charge in [0.25, 0.3) is 0 Å². The molecule has 0 aliphatic heterocycles. The number of hydrogen-bond acceptors (Lipinski definition) is 3. The Morgan fingerprint density at radius 1 is 1.10 bits per heavy atom. The van der Waals surface area contributed by atoms with Crippen molar-refractivity contribution < 1.29 is 14.6 Å². The fraction of sp³-hybridized carbons (Fsp3) is 0.412. The average Bonchev–Trinajstić information content (AvgIpc) is 2.45. The van der Waals surface area contributed by atoms with Crippen LogP contribution < -0.4 is 4.74 Å². The van der Waals surface area contributed by atoms with Crippen LogP contribution in [0.4, 0.5) is 0 Å². The molecule has 2 aromatic rings. The minimum atomic E-state index is -1.06. The fourth-order valence-corrected chi connectivity index (χ4v) is 2.84. The zero-order valence-electron chi connectivity index (χ0n) is 13.1. The van der Waals surface area contributed by atoms with Crippen molar-refractivity contribution in [2.75, 3.05) is 13.4 Å². The average molecular weight is 304 g/mol. The SMILES string of the molecule is C[Si](C)(C)CCOCOc1cc(CO)cc2ccccc12. The molecule has 0 spiro atoms. The zero-order valence-corrected chi connectivity index (χ0v) is 14.1. The van der Waals surface area contributed by atoms with Gasteiger partial charge in [0.1, 0.15) is 5.75 Å². The van der Waals surface area contributed by atoms with Gasteiger partial charge in [0.2, 0.25) is 0 Å². The van der Waals surface area contributed by atoms with Crippen LogP contribution in [-0.4, -0.2) is 26.6 Å². The third-order valence-corrected chi connectivity index (χ3v) is 5.06. The summed E-state index contributed by atoms with van der Waals surface area (Å²) >= 11 is 0. The monoisotopic (exact) mass is 304 g/mol. The second-order valence-corrected chi connectivity index (χ2v) is 12.1. The van der Waals surface area contributed by atoms with E-state index in [9.17, 15) is 5.11 Å². The molecule has 2 aromatic carbocycles. The summed E-state index contributed by atoms with van der Waals surface area (Å²) in [4.78, 5) is 0. The van der Waals surface area contributed by atoms with E-state index < -0.39 is 8.07 Å². The van der Waals surface area contributed by atoms with Crippen LogP contribution in [0.25, 0.3) is 10.8 Å². The van der Waals surface area contributed by atoms with Crippen LogP contribution >= 0.6 is 0 Å². The summed E-state index contributed by atoms with van der Waals surface area (Å²) in [5.41, 5.74) is 0.853. The second kappa shape index (κ2) is 7.07. The molecule has 21 heavy (non-hydrogen) atoms. The van der Waals surface area contributed by atoms with E-state index in [1.807, 2.05) is 36.4 Å². The van der Waals surface area contributed by atoms with Crippen LogP contribution in [0.2, 0.25) is 25.7 Å². The molecule has 0 unspecified atom stereocenters. The van der Waals surface area contributed by atoms with E-state index in [1.165, 1.54) is 0 Å². The molecule has 3 nitrogen and oxygen atoms in total. The molecular formula is C17H24O3Si. The molecule has 0 fully saturated rings. The van der Waals surface area contributed by atoms with Gasteiger partial charge in [-0.2, -0.15) is 0 Å². The Balaban J connectivity index is 2.01. The summed E-state index contributed by atoms with van der Waals surface area (Å²) in [7, 11) is -1.06. The van der Waals surface area contributed by atoms with Gasteiger partial charge < -0.3 is 14.6 Å². The number of rotatable bonds is 7. The maximum absolute atomic E-state index is 9.34. The van der Waals surface area contributed by atoms with Crippen molar-refractivity contribution in [3.8, 4) is 5.75 Å². The highest BCUT2D eigenvalue weighted by Gasteiger charge is 2.12. The molecule has 0 saturated heterocycles. The first-order valence-corrected chi connectivity index (χ1v) is 11.0. The lowest BCUT2D eigenvalue weighted by Crippen LogP contribution is -2.22. The summed E-state index contributed by atoms with van der Waals surface area (Å²) in [6.45, 7) is 7.99. The minimum absolute atomic E-state index is 0.0116. The number of benzene rings is 2. The molecule has 1 N–H and O–H groups in total. The lowest BCUT2D eigenvalue weighted by molar-refractivity contribution is 0.0229. The van der Waals surface area contributed by atoms with Gasteiger partial charge in [-0.1, -0.05) is 43.9 Å². The Labute approximate surface area is 127 Å². The number of hydrogen-bond donors (Lipinski definition) is 1. The van der Waals surface area contributed by atoms with Crippen molar-refractivity contribution in [2.24, 2.45) is 0 Å². The zero-order chi connectivity index (χ0) is 15.3. The topological polar surface area (TPSA) is 38.7 Å². The van der Waals surface area contributed by atoms with Crippen molar-refractivity contribution in [1.29, 1.82) is 0 Å². The molecule has 114 valence electrons. The van der Waals surface area contributed by atoms with Crippen molar-refractivity contribution in [3.63, 3.8) is 0 Å². The summed E-state index contributed by atoms with van der Waals surface area (Å²) < 4.78 is 11.3. The lowest BCUT2D eigenvalue weighted by Gasteiger charge is -2.16. The van der Waals surface area contributed by atoms with Crippen LogP contribution in [0.1, 0.15) is 5.56 Å². The molecule has 0 atom stereocenters. The first kappa shape index (κ1) is 16.0. The largest absolute Gasteiger partial charge is 0.467 e. The first-order valence-electron chi connectivity index (χ1n) is 7.33. The Morgan fingerprint density at radius 3 is 2.57 bits per heavy atom. The van der Waals surface area contributed by atoms with Gasteiger partial charge in [-0.3, -0.25) is 0 Å². The van der Waals surface area contributed by atoms with E-state index in [1.54, 1.807) is 0 Å². The van der Waals surface area contributed by atoms with E-state index in [2.05, 4.69) is 19.6 Å². The summed E-state index contributed by atoms with van der Waals surface area (Å²) in [6, 6.07) is 13.0. The molecule has 0 radical (unpaired) electrons. The molecule has 0 aliphatic carbocycles. The van der Waals surface area contributed by atoms with E-state index in [4.69, 9.17) is 9.47 Å². The number of aliphatic hydroxyl groups excluding tert-OH is 1. The third-order valence-electron chi connectivity index (χ3n) is 3.36. The van der Waals surface area contributed by atoms with Gasteiger partial charge in [-0.25, -0.2) is 0 Å². The van der Waals surface area contributed by atoms with Crippen molar-refractivity contribution in [1.82, 2.24) is 0 Å². The molecule has 2 rings (SSSR count). The third kappa shape index (κ3) is 4.84. The van der Waals surface area contributed by atoms with Crippen LogP contribution in [0.15, 0.2) is 36.4 Å². The second-order valence-electron chi connectivity index (χ2n) is 6.45. The van der Waals surface area contributed by atoms with Gasteiger partial charge in [-0.15, -0.1) is 0 Å². The van der Waals surface area contributed by atoms with E-state index >= 15 is 0 Å². The van der Waals surface area contributed by atoms with Crippen LogP contribution in [-0.2, 0) is 11.3 Å². The molecular weight excluding hydrogens is 280 g/mol. The van der Waals surface area contributed by atoms with Crippen molar-refractivity contribution >= 4 is 18.8 Å². The van der Waals surface area contributed by atoms with Crippen LogP contribution in [0, 0.1) is 0 Å². The Bertz CT molecular complexity index is 590. The smallest absolute Gasteiger partial charge is 0.189 e. The predicted octanol–water partition coefficient (Wildman–Crippen LogP) is 4.02.